The summed E-state index contributed by atoms with van der Waals surface area (Å²) in [7, 11) is 0. The van der Waals surface area contributed by atoms with Crippen LogP contribution in [0.25, 0.3) is 0 Å². The molecule has 2 aromatic carbocycles. The number of ether oxygens (including phenoxy) is 2. The van der Waals surface area contributed by atoms with Gasteiger partial charge in [-0.3, -0.25) is 4.79 Å². The first-order valence-corrected chi connectivity index (χ1v) is 7.78. The molecule has 0 unspecified atom stereocenters. The second kappa shape index (κ2) is 6.52. The van der Waals surface area contributed by atoms with Gasteiger partial charge in [0.15, 0.2) is 5.79 Å². The fourth-order valence-electron chi connectivity index (χ4n) is 2.70. The van der Waals surface area contributed by atoms with E-state index < -0.39 is 5.79 Å². The third kappa shape index (κ3) is 3.78. The lowest BCUT2D eigenvalue weighted by atomic mass is 10.00. The van der Waals surface area contributed by atoms with Crippen molar-refractivity contribution in [1.82, 2.24) is 5.32 Å². The molecular formula is C19H21NO3. The molecule has 3 rings (SSSR count). The Morgan fingerprint density at radius 3 is 2.30 bits per heavy atom. The highest BCUT2D eigenvalue weighted by Crippen LogP contribution is 2.33. The molecule has 1 saturated heterocycles. The van der Waals surface area contributed by atoms with Crippen LogP contribution in [0.1, 0.15) is 35.9 Å². The molecule has 1 fully saturated rings. The summed E-state index contributed by atoms with van der Waals surface area (Å²) < 4.78 is 11.8. The van der Waals surface area contributed by atoms with E-state index in [1.165, 1.54) is 0 Å². The summed E-state index contributed by atoms with van der Waals surface area (Å²) >= 11 is 0. The van der Waals surface area contributed by atoms with Gasteiger partial charge in [-0.25, -0.2) is 0 Å². The average Bonchev–Trinajstić information content (AvgIpc) is 2.58. The van der Waals surface area contributed by atoms with Crippen LogP contribution in [-0.4, -0.2) is 24.3 Å². The molecule has 4 heteroatoms. The van der Waals surface area contributed by atoms with E-state index in [-0.39, 0.29) is 18.1 Å². The monoisotopic (exact) mass is 311 g/mol. The first kappa shape index (κ1) is 15.7. The van der Waals surface area contributed by atoms with Crippen molar-refractivity contribution in [2.75, 3.05) is 6.61 Å². The van der Waals surface area contributed by atoms with Crippen molar-refractivity contribution in [3.8, 4) is 0 Å². The van der Waals surface area contributed by atoms with Crippen molar-refractivity contribution >= 4 is 5.91 Å². The van der Waals surface area contributed by atoms with E-state index in [1.807, 2.05) is 62.4 Å². The summed E-state index contributed by atoms with van der Waals surface area (Å²) in [6.45, 7) is 4.18. The van der Waals surface area contributed by atoms with Gasteiger partial charge >= 0.3 is 0 Å². The maximum atomic E-state index is 12.4. The molecule has 1 amide bonds. The molecular weight excluding hydrogens is 290 g/mol. The predicted octanol–water partition coefficient (Wildman–Crippen LogP) is 3.31. The summed E-state index contributed by atoms with van der Waals surface area (Å²) in [6, 6.07) is 18.8. The van der Waals surface area contributed by atoms with Crippen LogP contribution in [0.2, 0.25) is 0 Å². The topological polar surface area (TPSA) is 47.6 Å². The number of amides is 1. The average molecular weight is 311 g/mol. The highest BCUT2D eigenvalue weighted by molar-refractivity contribution is 5.94. The zero-order valence-corrected chi connectivity index (χ0v) is 13.4. The third-order valence-corrected chi connectivity index (χ3v) is 3.87. The van der Waals surface area contributed by atoms with E-state index in [9.17, 15) is 4.79 Å². The number of hydrogen-bond acceptors (Lipinski definition) is 3. The number of nitrogens with one attached hydrogen (secondary N) is 1. The van der Waals surface area contributed by atoms with Crippen LogP contribution >= 0.6 is 0 Å². The van der Waals surface area contributed by atoms with E-state index in [4.69, 9.17) is 9.47 Å². The number of carbonyl (C=O) groups is 1. The number of benzene rings is 2. The van der Waals surface area contributed by atoms with Gasteiger partial charge in [0.2, 0.25) is 0 Å². The van der Waals surface area contributed by atoms with Gasteiger partial charge in [-0.1, -0.05) is 48.5 Å². The minimum Gasteiger partial charge on any atom is -0.348 e. The lowest BCUT2D eigenvalue weighted by Gasteiger charge is -2.41. The lowest BCUT2D eigenvalue weighted by molar-refractivity contribution is -0.284. The Morgan fingerprint density at radius 2 is 1.65 bits per heavy atom. The van der Waals surface area contributed by atoms with E-state index in [2.05, 4.69) is 5.32 Å². The SMILES string of the molecule is CC1(C)OC[C@H](NC(=O)c2ccccc2)[C@H](c2ccccc2)O1. The molecule has 23 heavy (non-hydrogen) atoms. The van der Waals surface area contributed by atoms with Crippen molar-refractivity contribution in [3.63, 3.8) is 0 Å². The Morgan fingerprint density at radius 1 is 1.04 bits per heavy atom. The molecule has 0 aromatic heterocycles. The van der Waals surface area contributed by atoms with Crippen LogP contribution in [0.15, 0.2) is 60.7 Å². The fourth-order valence-corrected chi connectivity index (χ4v) is 2.70. The predicted molar refractivity (Wildman–Crippen MR) is 88.0 cm³/mol. The number of hydrogen-bond donors (Lipinski definition) is 1. The lowest BCUT2D eigenvalue weighted by Crippen LogP contribution is -2.51. The highest BCUT2D eigenvalue weighted by Gasteiger charge is 2.38. The smallest absolute Gasteiger partial charge is 0.251 e. The van der Waals surface area contributed by atoms with Gasteiger partial charge < -0.3 is 14.8 Å². The maximum absolute atomic E-state index is 12.4. The molecule has 1 aliphatic rings. The van der Waals surface area contributed by atoms with Crippen LogP contribution in [0.5, 0.6) is 0 Å². The molecule has 0 bridgehead atoms. The zero-order chi connectivity index (χ0) is 16.3. The molecule has 2 atom stereocenters. The van der Waals surface area contributed by atoms with Crippen LogP contribution in [0.3, 0.4) is 0 Å². The minimum absolute atomic E-state index is 0.122. The van der Waals surface area contributed by atoms with Gasteiger partial charge in [-0.05, 0) is 31.5 Å². The molecule has 1 N–H and O–H groups in total. The molecule has 1 heterocycles. The highest BCUT2D eigenvalue weighted by atomic mass is 16.7. The van der Waals surface area contributed by atoms with Gasteiger partial charge in [0.1, 0.15) is 6.10 Å². The first-order chi connectivity index (χ1) is 11.1. The van der Waals surface area contributed by atoms with Crippen molar-refractivity contribution in [1.29, 1.82) is 0 Å². The minimum atomic E-state index is -0.672. The number of carbonyl (C=O) groups excluding carboxylic acids is 1. The maximum Gasteiger partial charge on any atom is 0.251 e. The largest absolute Gasteiger partial charge is 0.348 e. The molecule has 1 aliphatic heterocycles. The van der Waals surface area contributed by atoms with Gasteiger partial charge in [0.05, 0.1) is 12.6 Å². The molecule has 120 valence electrons. The van der Waals surface area contributed by atoms with Crippen molar-refractivity contribution in [3.05, 3.63) is 71.8 Å². The Balaban J connectivity index is 1.80. The number of rotatable bonds is 3. The van der Waals surface area contributed by atoms with Crippen LogP contribution in [-0.2, 0) is 9.47 Å². The van der Waals surface area contributed by atoms with E-state index in [0.29, 0.717) is 12.2 Å². The fraction of sp³-hybridized carbons (Fsp3) is 0.316. The summed E-state index contributed by atoms with van der Waals surface area (Å²) in [4.78, 5) is 12.4. The van der Waals surface area contributed by atoms with Crippen LogP contribution in [0.4, 0.5) is 0 Å². The molecule has 0 spiro atoms. The quantitative estimate of drug-likeness (QED) is 0.946. The van der Waals surface area contributed by atoms with E-state index in [0.717, 1.165) is 5.56 Å². The van der Waals surface area contributed by atoms with Gasteiger partial charge in [-0.15, -0.1) is 0 Å². The van der Waals surface area contributed by atoms with Crippen LogP contribution in [0, 0.1) is 0 Å². The van der Waals surface area contributed by atoms with Crippen LogP contribution < -0.4 is 5.32 Å². The van der Waals surface area contributed by atoms with Crippen molar-refractivity contribution in [2.24, 2.45) is 0 Å². The zero-order valence-electron chi connectivity index (χ0n) is 13.4. The standard InChI is InChI=1S/C19H21NO3/c1-19(2)22-13-16(17(23-19)14-9-5-3-6-10-14)20-18(21)15-11-7-4-8-12-15/h3-12,16-17H,13H2,1-2H3,(H,20,21)/t16-,17-/m0/s1. The Labute approximate surface area is 136 Å². The molecule has 0 saturated carbocycles. The third-order valence-electron chi connectivity index (χ3n) is 3.87. The van der Waals surface area contributed by atoms with Gasteiger partial charge in [0, 0.05) is 5.56 Å². The van der Waals surface area contributed by atoms with Gasteiger partial charge in [0.25, 0.3) is 5.91 Å². The molecule has 0 aliphatic carbocycles. The van der Waals surface area contributed by atoms with Crippen molar-refractivity contribution < 1.29 is 14.3 Å². The second-order valence-corrected chi connectivity index (χ2v) is 6.11. The summed E-state index contributed by atoms with van der Waals surface area (Å²) in [5.41, 5.74) is 1.66. The first-order valence-electron chi connectivity index (χ1n) is 7.78. The summed E-state index contributed by atoms with van der Waals surface area (Å²) in [5, 5.41) is 3.03. The summed E-state index contributed by atoms with van der Waals surface area (Å²) in [6.07, 6.45) is -0.243. The van der Waals surface area contributed by atoms with E-state index in [1.54, 1.807) is 12.1 Å². The Kier molecular flexibility index (Phi) is 4.46. The second-order valence-electron chi connectivity index (χ2n) is 6.11. The molecule has 0 radical (unpaired) electrons. The van der Waals surface area contributed by atoms with Crippen molar-refractivity contribution in [2.45, 2.75) is 31.8 Å². The summed E-state index contributed by atoms with van der Waals surface area (Å²) in [5.74, 6) is -0.794. The molecule has 4 nitrogen and oxygen atoms in total. The normalized spacial score (nSPS) is 23.2. The van der Waals surface area contributed by atoms with E-state index >= 15 is 0 Å². The Hall–Kier alpha value is -2.17. The Bertz CT molecular complexity index is 655. The van der Waals surface area contributed by atoms with Gasteiger partial charge in [-0.2, -0.15) is 0 Å². The molecule has 2 aromatic rings.